The smallest absolute Gasteiger partial charge is 0.229 e. The number of aromatic nitrogens is 4. The maximum absolute atomic E-state index is 13.2. The van der Waals surface area contributed by atoms with Crippen LogP contribution in [-0.4, -0.2) is 28.2 Å². The van der Waals surface area contributed by atoms with E-state index in [1.54, 1.807) is 0 Å². The van der Waals surface area contributed by atoms with Gasteiger partial charge in [-0.25, -0.2) is 13.4 Å². The van der Waals surface area contributed by atoms with Crippen LogP contribution in [0.1, 0.15) is 11.1 Å². The molecule has 2 aromatic carbocycles. The largest absolute Gasteiger partial charge is 0.339 e. The van der Waals surface area contributed by atoms with Gasteiger partial charge in [0, 0.05) is 10.7 Å². The number of fused-ring (bicyclic) bond motifs is 3. The highest BCUT2D eigenvalue weighted by atomic mass is 35.5. The van der Waals surface area contributed by atoms with Gasteiger partial charge in [0.15, 0.2) is 11.5 Å². The molecule has 31 heavy (non-hydrogen) atoms. The molecule has 0 amide bonds. The van der Waals surface area contributed by atoms with E-state index in [4.69, 9.17) is 11.6 Å². The molecule has 0 unspecified atom stereocenters. The molecular formula is C21H16ClN5O2S2. The summed E-state index contributed by atoms with van der Waals surface area (Å²) in [6, 6.07) is 13.9. The van der Waals surface area contributed by atoms with E-state index in [0.717, 1.165) is 27.0 Å². The second kappa shape index (κ2) is 7.30. The fraction of sp³-hybridized carbons (Fsp3) is 0.0952. The van der Waals surface area contributed by atoms with Gasteiger partial charge in [0.1, 0.15) is 0 Å². The number of rotatable bonds is 4. The minimum atomic E-state index is -3.93. The van der Waals surface area contributed by atoms with E-state index < -0.39 is 9.84 Å². The van der Waals surface area contributed by atoms with Crippen molar-refractivity contribution < 1.29 is 8.42 Å². The van der Waals surface area contributed by atoms with Crippen molar-refractivity contribution in [3.63, 3.8) is 0 Å². The fourth-order valence-electron chi connectivity index (χ4n) is 3.39. The SMILES string of the molecule is Cc1ccc(Nc2nc3c(S(=O)(=O)c4ccc(Cl)cc4)nnn3c3ccsc23)c(C)c1. The van der Waals surface area contributed by atoms with Crippen molar-refractivity contribution in [1.82, 2.24) is 19.8 Å². The van der Waals surface area contributed by atoms with Crippen LogP contribution >= 0.6 is 22.9 Å². The molecule has 0 saturated carbocycles. The molecule has 0 bridgehead atoms. The van der Waals surface area contributed by atoms with Crippen LogP contribution in [0, 0.1) is 13.8 Å². The first-order valence-corrected chi connectivity index (χ1v) is 12.1. The average molecular weight is 470 g/mol. The highest BCUT2D eigenvalue weighted by molar-refractivity contribution is 7.91. The molecule has 5 rings (SSSR count). The summed E-state index contributed by atoms with van der Waals surface area (Å²) in [5.74, 6) is 0.555. The van der Waals surface area contributed by atoms with Crippen molar-refractivity contribution in [1.29, 1.82) is 0 Å². The number of thiophene rings is 1. The Bertz CT molecular complexity index is 1560. The minimum absolute atomic E-state index is 0.0791. The molecule has 0 radical (unpaired) electrons. The third-order valence-corrected chi connectivity index (χ3v) is 7.76. The number of anilines is 2. The van der Waals surface area contributed by atoms with Gasteiger partial charge in [-0.2, -0.15) is 4.52 Å². The summed E-state index contributed by atoms with van der Waals surface area (Å²) in [4.78, 5) is 4.71. The fourth-order valence-corrected chi connectivity index (χ4v) is 5.57. The molecule has 5 aromatic rings. The summed E-state index contributed by atoms with van der Waals surface area (Å²) in [7, 11) is -3.93. The zero-order valence-corrected chi connectivity index (χ0v) is 18.9. The molecule has 0 aliphatic rings. The second-order valence-corrected chi connectivity index (χ2v) is 10.3. The molecule has 0 saturated heterocycles. The Labute approximate surface area is 187 Å². The van der Waals surface area contributed by atoms with Crippen LogP contribution in [0.15, 0.2) is 63.8 Å². The maximum Gasteiger partial charge on any atom is 0.229 e. The highest BCUT2D eigenvalue weighted by Gasteiger charge is 2.27. The van der Waals surface area contributed by atoms with E-state index in [1.807, 2.05) is 37.4 Å². The summed E-state index contributed by atoms with van der Waals surface area (Å²) in [5.41, 5.74) is 4.00. The van der Waals surface area contributed by atoms with Gasteiger partial charge in [-0.05, 0) is 61.2 Å². The Hall–Kier alpha value is -3.01. The number of hydrogen-bond acceptors (Lipinski definition) is 7. The number of sulfone groups is 1. The van der Waals surface area contributed by atoms with Crippen molar-refractivity contribution in [2.75, 3.05) is 5.32 Å². The third-order valence-electron chi connectivity index (χ3n) is 4.94. The van der Waals surface area contributed by atoms with Crippen LogP contribution < -0.4 is 5.32 Å². The number of nitrogens with zero attached hydrogens (tertiary/aromatic N) is 4. The Balaban J connectivity index is 1.71. The zero-order chi connectivity index (χ0) is 21.8. The Morgan fingerprint density at radius 3 is 2.58 bits per heavy atom. The van der Waals surface area contributed by atoms with Crippen LogP contribution in [0.4, 0.5) is 11.5 Å². The van der Waals surface area contributed by atoms with Crippen LogP contribution in [0.3, 0.4) is 0 Å². The van der Waals surface area contributed by atoms with E-state index >= 15 is 0 Å². The van der Waals surface area contributed by atoms with Crippen molar-refractivity contribution in [3.8, 4) is 0 Å². The monoisotopic (exact) mass is 469 g/mol. The number of nitrogens with one attached hydrogen (secondary N) is 1. The summed E-state index contributed by atoms with van der Waals surface area (Å²) < 4.78 is 28.8. The zero-order valence-electron chi connectivity index (χ0n) is 16.5. The Kier molecular flexibility index (Phi) is 4.69. The van der Waals surface area contributed by atoms with E-state index in [2.05, 4.69) is 26.7 Å². The van der Waals surface area contributed by atoms with E-state index in [9.17, 15) is 8.42 Å². The molecule has 3 heterocycles. The van der Waals surface area contributed by atoms with E-state index in [0.29, 0.717) is 10.8 Å². The summed E-state index contributed by atoms with van der Waals surface area (Å²) >= 11 is 7.40. The lowest BCUT2D eigenvalue weighted by molar-refractivity contribution is 0.592. The quantitative estimate of drug-likeness (QED) is 0.390. The maximum atomic E-state index is 13.2. The van der Waals surface area contributed by atoms with Gasteiger partial charge in [0.25, 0.3) is 0 Å². The van der Waals surface area contributed by atoms with Gasteiger partial charge in [-0.15, -0.1) is 16.4 Å². The molecule has 0 aliphatic carbocycles. The molecule has 156 valence electrons. The van der Waals surface area contributed by atoms with Crippen LogP contribution in [0.5, 0.6) is 0 Å². The molecule has 0 fully saturated rings. The normalized spacial score (nSPS) is 12.0. The number of halogens is 1. The van der Waals surface area contributed by atoms with Gasteiger partial charge in [0.05, 0.1) is 15.1 Å². The predicted octanol–water partition coefficient (Wildman–Crippen LogP) is 5.19. The molecular weight excluding hydrogens is 454 g/mol. The summed E-state index contributed by atoms with van der Waals surface area (Å²) in [6.45, 7) is 4.04. The van der Waals surface area contributed by atoms with Gasteiger partial charge in [0.2, 0.25) is 14.9 Å². The molecule has 10 heteroatoms. The molecule has 3 aromatic heterocycles. The lowest BCUT2D eigenvalue weighted by atomic mass is 10.1. The Morgan fingerprint density at radius 1 is 1.06 bits per heavy atom. The number of aryl methyl sites for hydroxylation is 2. The minimum Gasteiger partial charge on any atom is -0.339 e. The van der Waals surface area contributed by atoms with Crippen LogP contribution in [0.25, 0.3) is 15.9 Å². The second-order valence-electron chi connectivity index (χ2n) is 7.13. The summed E-state index contributed by atoms with van der Waals surface area (Å²) in [6.07, 6.45) is 0. The first kappa shape index (κ1) is 19.9. The van der Waals surface area contributed by atoms with Crippen molar-refractivity contribution >= 4 is 60.1 Å². The highest BCUT2D eigenvalue weighted by Crippen LogP contribution is 2.33. The average Bonchev–Trinajstić information content (AvgIpc) is 3.37. The Morgan fingerprint density at radius 2 is 1.84 bits per heavy atom. The lowest BCUT2D eigenvalue weighted by Crippen LogP contribution is -2.05. The van der Waals surface area contributed by atoms with E-state index in [1.165, 1.54) is 40.1 Å². The summed E-state index contributed by atoms with van der Waals surface area (Å²) in [5, 5.41) is 13.6. The first-order chi connectivity index (χ1) is 14.8. The molecule has 0 aliphatic heterocycles. The first-order valence-electron chi connectivity index (χ1n) is 9.32. The van der Waals surface area contributed by atoms with Crippen LogP contribution in [-0.2, 0) is 9.84 Å². The molecule has 7 nitrogen and oxygen atoms in total. The number of hydrogen-bond donors (Lipinski definition) is 1. The van der Waals surface area contributed by atoms with Crippen molar-refractivity contribution in [3.05, 3.63) is 70.1 Å². The van der Waals surface area contributed by atoms with Gasteiger partial charge >= 0.3 is 0 Å². The predicted molar refractivity (Wildman–Crippen MR) is 122 cm³/mol. The van der Waals surface area contributed by atoms with E-state index in [-0.39, 0.29) is 15.6 Å². The third kappa shape index (κ3) is 3.34. The topological polar surface area (TPSA) is 89.2 Å². The van der Waals surface area contributed by atoms with Crippen molar-refractivity contribution in [2.24, 2.45) is 0 Å². The molecule has 1 N–H and O–H groups in total. The lowest BCUT2D eigenvalue weighted by Gasteiger charge is -2.11. The van der Waals surface area contributed by atoms with Gasteiger partial charge in [-0.1, -0.05) is 34.5 Å². The van der Waals surface area contributed by atoms with Gasteiger partial charge in [-0.3, -0.25) is 0 Å². The standard InChI is InChI=1S/C21H16ClN5O2S2/c1-12-3-8-16(13(2)11-12)23-19-18-17(9-10-30-18)27-20(24-19)21(25-26-27)31(28,29)15-6-4-14(22)5-7-15/h3-11H,1-2H3,(H,23,24). The van der Waals surface area contributed by atoms with Crippen LogP contribution in [0.2, 0.25) is 5.02 Å². The number of benzene rings is 2. The molecule has 0 spiro atoms. The van der Waals surface area contributed by atoms with Crippen molar-refractivity contribution in [2.45, 2.75) is 23.8 Å². The molecule has 0 atom stereocenters. The van der Waals surface area contributed by atoms with Gasteiger partial charge < -0.3 is 5.32 Å².